The summed E-state index contributed by atoms with van der Waals surface area (Å²) in [6, 6.07) is 4.87. The number of hydrogen-bond donors (Lipinski definition) is 2. The first-order chi connectivity index (χ1) is 12.1. The topological polar surface area (TPSA) is 85.4 Å². The summed E-state index contributed by atoms with van der Waals surface area (Å²) < 4.78 is 10.5. The van der Waals surface area contributed by atoms with Crippen molar-refractivity contribution >= 4 is 29.1 Å². The van der Waals surface area contributed by atoms with Gasteiger partial charge in [-0.1, -0.05) is 24.9 Å². The van der Waals surface area contributed by atoms with Gasteiger partial charge in [-0.3, -0.25) is 4.79 Å². The molecular formula is C17H21ClN4O3. The zero-order valence-corrected chi connectivity index (χ0v) is 15.2. The molecule has 2 aromatic rings. The number of carbonyl (C=O) groups excluding carboxylic acids is 1. The zero-order chi connectivity index (χ0) is 18.2. The molecule has 0 aliphatic rings. The van der Waals surface area contributed by atoms with Crippen LogP contribution in [0.25, 0.3) is 0 Å². The summed E-state index contributed by atoms with van der Waals surface area (Å²) in [6.07, 6.45) is 3.45. The monoisotopic (exact) mass is 364 g/mol. The van der Waals surface area contributed by atoms with Crippen molar-refractivity contribution in [3.05, 3.63) is 35.1 Å². The molecule has 0 aliphatic heterocycles. The highest BCUT2D eigenvalue weighted by atomic mass is 35.5. The second-order valence-electron chi connectivity index (χ2n) is 5.19. The van der Waals surface area contributed by atoms with Gasteiger partial charge in [-0.15, -0.1) is 0 Å². The third-order valence-corrected chi connectivity index (χ3v) is 3.72. The van der Waals surface area contributed by atoms with E-state index in [9.17, 15) is 4.79 Å². The number of aromatic nitrogens is 2. The van der Waals surface area contributed by atoms with Crippen molar-refractivity contribution in [2.24, 2.45) is 0 Å². The maximum Gasteiger partial charge on any atom is 0.270 e. The van der Waals surface area contributed by atoms with Crippen LogP contribution in [-0.2, 0) is 0 Å². The first-order valence-corrected chi connectivity index (χ1v) is 8.26. The van der Waals surface area contributed by atoms with Crippen LogP contribution in [-0.4, -0.2) is 36.6 Å². The zero-order valence-electron chi connectivity index (χ0n) is 14.4. The third kappa shape index (κ3) is 4.96. The summed E-state index contributed by atoms with van der Waals surface area (Å²) in [4.78, 5) is 20.5. The molecule has 1 heterocycles. The van der Waals surface area contributed by atoms with Gasteiger partial charge in [0.1, 0.15) is 17.2 Å². The molecule has 0 saturated heterocycles. The lowest BCUT2D eigenvalue weighted by molar-refractivity contribution is 0.0948. The van der Waals surface area contributed by atoms with Crippen LogP contribution in [0, 0.1) is 0 Å². The number of hydrogen-bond acceptors (Lipinski definition) is 6. The molecule has 0 spiro atoms. The van der Waals surface area contributed by atoms with E-state index < -0.39 is 0 Å². The first kappa shape index (κ1) is 18.8. The molecule has 7 nitrogen and oxygen atoms in total. The Morgan fingerprint density at radius 1 is 1.24 bits per heavy atom. The van der Waals surface area contributed by atoms with E-state index in [1.165, 1.54) is 20.4 Å². The lowest BCUT2D eigenvalue weighted by atomic mass is 10.2. The average molecular weight is 365 g/mol. The Balaban J connectivity index is 2.20. The average Bonchev–Trinajstić information content (AvgIpc) is 2.63. The largest absolute Gasteiger partial charge is 0.495 e. The summed E-state index contributed by atoms with van der Waals surface area (Å²) >= 11 is 6.09. The van der Waals surface area contributed by atoms with Gasteiger partial charge in [-0.25, -0.2) is 9.97 Å². The number of unbranched alkanes of at least 4 members (excludes halogenated alkanes) is 1. The number of anilines is 2. The van der Waals surface area contributed by atoms with E-state index in [4.69, 9.17) is 21.1 Å². The van der Waals surface area contributed by atoms with Crippen molar-refractivity contribution in [1.29, 1.82) is 0 Å². The van der Waals surface area contributed by atoms with Gasteiger partial charge < -0.3 is 20.1 Å². The second-order valence-corrected chi connectivity index (χ2v) is 5.59. The van der Waals surface area contributed by atoms with Crippen LogP contribution in [0.3, 0.4) is 0 Å². The number of amides is 1. The Labute approximate surface area is 151 Å². The third-order valence-electron chi connectivity index (χ3n) is 3.42. The smallest absolute Gasteiger partial charge is 0.270 e. The number of nitrogens with zero attached hydrogens (tertiary/aromatic N) is 2. The second kappa shape index (κ2) is 9.08. The predicted octanol–water partition coefficient (Wildman–Crippen LogP) is 3.42. The Morgan fingerprint density at radius 3 is 2.68 bits per heavy atom. The highest BCUT2D eigenvalue weighted by molar-refractivity contribution is 6.32. The lowest BCUT2D eigenvalue weighted by Crippen LogP contribution is -2.25. The van der Waals surface area contributed by atoms with Gasteiger partial charge in [0.25, 0.3) is 5.91 Å². The summed E-state index contributed by atoms with van der Waals surface area (Å²) in [5.74, 6) is 1.02. The minimum absolute atomic E-state index is 0.237. The highest BCUT2D eigenvalue weighted by Crippen LogP contribution is 2.36. The number of nitrogens with one attached hydrogen (secondary N) is 2. The maximum absolute atomic E-state index is 12.1. The summed E-state index contributed by atoms with van der Waals surface area (Å²) in [5, 5.41) is 6.27. The fraction of sp³-hybridized carbons (Fsp3) is 0.353. The maximum atomic E-state index is 12.1. The summed E-state index contributed by atoms with van der Waals surface area (Å²) in [7, 11) is 3.05. The number of carbonyl (C=O) groups is 1. The van der Waals surface area contributed by atoms with Gasteiger partial charge in [0.2, 0.25) is 5.95 Å². The Bertz CT molecular complexity index is 740. The Kier molecular flexibility index (Phi) is 6.82. The number of benzene rings is 1. The normalized spacial score (nSPS) is 10.2. The van der Waals surface area contributed by atoms with Crippen LogP contribution < -0.4 is 20.1 Å². The molecule has 0 bridgehead atoms. The predicted molar refractivity (Wildman–Crippen MR) is 97.1 cm³/mol. The molecule has 0 saturated carbocycles. The molecule has 1 aromatic heterocycles. The molecule has 1 amide bonds. The van der Waals surface area contributed by atoms with Gasteiger partial charge in [0.05, 0.1) is 24.9 Å². The van der Waals surface area contributed by atoms with Crippen LogP contribution in [0.2, 0.25) is 5.02 Å². The molecule has 2 rings (SSSR count). The fourth-order valence-electron chi connectivity index (χ4n) is 2.09. The van der Waals surface area contributed by atoms with Crippen molar-refractivity contribution in [2.45, 2.75) is 19.8 Å². The molecule has 1 aromatic carbocycles. The Hall–Kier alpha value is -2.54. The van der Waals surface area contributed by atoms with Crippen molar-refractivity contribution in [1.82, 2.24) is 15.3 Å². The number of ether oxygens (including phenoxy) is 2. The molecule has 2 N–H and O–H groups in total. The lowest BCUT2D eigenvalue weighted by Gasteiger charge is -2.13. The number of rotatable bonds is 8. The van der Waals surface area contributed by atoms with Gasteiger partial charge in [-0.2, -0.15) is 0 Å². The molecule has 0 fully saturated rings. The number of methoxy groups -OCH3 is 2. The molecule has 0 aliphatic carbocycles. The molecule has 8 heteroatoms. The quantitative estimate of drug-likeness (QED) is 0.698. The van der Waals surface area contributed by atoms with E-state index in [-0.39, 0.29) is 17.5 Å². The van der Waals surface area contributed by atoms with Gasteiger partial charge in [0.15, 0.2) is 0 Å². The van der Waals surface area contributed by atoms with E-state index in [1.54, 1.807) is 18.2 Å². The summed E-state index contributed by atoms with van der Waals surface area (Å²) in [6.45, 7) is 2.68. The minimum Gasteiger partial charge on any atom is -0.495 e. The SMILES string of the molecule is CCCCNC(=O)c1ccnc(Nc2cc(OC)c(Cl)cc2OC)n1. The van der Waals surface area contributed by atoms with E-state index in [2.05, 4.69) is 27.5 Å². The standard InChI is InChI=1S/C17H21ClN4O3/c1-4-5-7-19-16(23)12-6-8-20-17(21-12)22-13-10-14(24-2)11(18)9-15(13)25-3/h6,8-10H,4-5,7H2,1-3H3,(H,19,23)(H,20,21,22). The van der Waals surface area contributed by atoms with E-state index >= 15 is 0 Å². The first-order valence-electron chi connectivity index (χ1n) is 7.88. The van der Waals surface area contributed by atoms with E-state index in [1.807, 2.05) is 0 Å². The van der Waals surface area contributed by atoms with Crippen molar-refractivity contribution in [3.8, 4) is 11.5 Å². The number of halogens is 1. The molecule has 0 atom stereocenters. The van der Waals surface area contributed by atoms with Crippen molar-refractivity contribution in [3.63, 3.8) is 0 Å². The van der Waals surface area contributed by atoms with Crippen LogP contribution in [0.1, 0.15) is 30.3 Å². The molecule has 0 radical (unpaired) electrons. The van der Waals surface area contributed by atoms with Crippen LogP contribution in [0.5, 0.6) is 11.5 Å². The van der Waals surface area contributed by atoms with Gasteiger partial charge >= 0.3 is 0 Å². The van der Waals surface area contributed by atoms with E-state index in [0.717, 1.165) is 12.8 Å². The van der Waals surface area contributed by atoms with Crippen LogP contribution in [0.15, 0.2) is 24.4 Å². The van der Waals surface area contributed by atoms with E-state index in [0.29, 0.717) is 28.8 Å². The van der Waals surface area contributed by atoms with Crippen molar-refractivity contribution < 1.29 is 14.3 Å². The minimum atomic E-state index is -0.237. The molecule has 25 heavy (non-hydrogen) atoms. The van der Waals surface area contributed by atoms with Crippen molar-refractivity contribution in [2.75, 3.05) is 26.1 Å². The highest BCUT2D eigenvalue weighted by Gasteiger charge is 2.13. The molecular weight excluding hydrogens is 344 g/mol. The van der Waals surface area contributed by atoms with Crippen LogP contribution >= 0.6 is 11.6 Å². The summed E-state index contributed by atoms with van der Waals surface area (Å²) in [5.41, 5.74) is 0.862. The Morgan fingerprint density at radius 2 is 2.00 bits per heavy atom. The van der Waals surface area contributed by atoms with Crippen LogP contribution in [0.4, 0.5) is 11.6 Å². The molecule has 134 valence electrons. The fourth-order valence-corrected chi connectivity index (χ4v) is 2.32. The van der Waals surface area contributed by atoms with Gasteiger partial charge in [-0.05, 0) is 12.5 Å². The van der Waals surface area contributed by atoms with Gasteiger partial charge in [0, 0.05) is 24.9 Å². The molecule has 0 unspecified atom stereocenters.